The molecular formula is C19H35N3O2. The van der Waals surface area contributed by atoms with Gasteiger partial charge in [-0.05, 0) is 70.5 Å². The molecule has 1 N–H and O–H groups in total. The molecule has 0 spiro atoms. The highest BCUT2D eigenvalue weighted by molar-refractivity contribution is 5.74. The number of hydrogen-bond acceptors (Lipinski definition) is 3. The molecule has 0 radical (unpaired) electrons. The van der Waals surface area contributed by atoms with E-state index in [1.54, 1.807) is 0 Å². The fourth-order valence-corrected chi connectivity index (χ4v) is 3.83. The van der Waals surface area contributed by atoms with Crippen LogP contribution in [0.2, 0.25) is 0 Å². The van der Waals surface area contributed by atoms with Gasteiger partial charge in [0.15, 0.2) is 0 Å². The summed E-state index contributed by atoms with van der Waals surface area (Å²) in [6.45, 7) is 9.43. The standard InChI is InChI=1S/C19H35N3O2/c1-16-6-11-21(12-7-16)10-3-2-9-20-19(23)22(18-4-5-18)14-17-8-13-24-15-17/h16-18H,2-15H2,1H3,(H,20,23). The molecule has 24 heavy (non-hydrogen) atoms. The summed E-state index contributed by atoms with van der Waals surface area (Å²) in [7, 11) is 0. The first-order valence-electron chi connectivity index (χ1n) is 10.1. The Labute approximate surface area is 147 Å². The number of carbonyl (C=O) groups is 1. The van der Waals surface area contributed by atoms with Crippen molar-refractivity contribution in [2.24, 2.45) is 11.8 Å². The lowest BCUT2D eigenvalue weighted by atomic mass is 9.99. The lowest BCUT2D eigenvalue weighted by molar-refractivity contribution is 0.161. The maximum atomic E-state index is 12.5. The van der Waals surface area contributed by atoms with E-state index in [-0.39, 0.29) is 6.03 Å². The molecule has 2 saturated heterocycles. The minimum atomic E-state index is 0.149. The van der Waals surface area contributed by atoms with Crippen LogP contribution >= 0.6 is 0 Å². The van der Waals surface area contributed by atoms with Crippen molar-refractivity contribution in [3.05, 3.63) is 0 Å². The first-order chi connectivity index (χ1) is 11.7. The molecule has 2 heterocycles. The molecule has 0 aromatic carbocycles. The normalized spacial score (nSPS) is 25.8. The van der Waals surface area contributed by atoms with Gasteiger partial charge in [-0.15, -0.1) is 0 Å². The van der Waals surface area contributed by atoms with Gasteiger partial charge < -0.3 is 19.9 Å². The molecule has 138 valence electrons. The highest BCUT2D eigenvalue weighted by Gasteiger charge is 2.34. The number of rotatable bonds is 8. The molecule has 1 unspecified atom stereocenters. The molecule has 2 amide bonds. The molecule has 3 aliphatic rings. The molecule has 5 heteroatoms. The van der Waals surface area contributed by atoms with Crippen LogP contribution in [0.1, 0.15) is 51.9 Å². The second kappa shape index (κ2) is 9.04. The number of urea groups is 1. The zero-order chi connectivity index (χ0) is 16.8. The van der Waals surface area contributed by atoms with Crippen molar-refractivity contribution >= 4 is 6.03 Å². The third kappa shape index (κ3) is 5.62. The van der Waals surface area contributed by atoms with Gasteiger partial charge in [0.1, 0.15) is 0 Å². The summed E-state index contributed by atoms with van der Waals surface area (Å²) in [6.07, 6.45) is 8.42. The SMILES string of the molecule is CC1CCN(CCCCNC(=O)N(CC2CCOC2)C2CC2)CC1. The summed E-state index contributed by atoms with van der Waals surface area (Å²) in [5.74, 6) is 1.44. The molecule has 1 saturated carbocycles. The lowest BCUT2D eigenvalue weighted by Gasteiger charge is -2.30. The zero-order valence-electron chi connectivity index (χ0n) is 15.3. The molecular weight excluding hydrogens is 302 g/mol. The van der Waals surface area contributed by atoms with Crippen molar-refractivity contribution in [1.82, 2.24) is 15.1 Å². The Morgan fingerprint density at radius 2 is 1.96 bits per heavy atom. The summed E-state index contributed by atoms with van der Waals surface area (Å²) in [6, 6.07) is 0.636. The topological polar surface area (TPSA) is 44.8 Å². The maximum absolute atomic E-state index is 12.5. The Morgan fingerprint density at radius 1 is 1.17 bits per heavy atom. The van der Waals surface area contributed by atoms with E-state index in [0.29, 0.717) is 12.0 Å². The number of hydrogen-bond donors (Lipinski definition) is 1. The van der Waals surface area contributed by atoms with Crippen LogP contribution < -0.4 is 5.32 Å². The van der Waals surface area contributed by atoms with E-state index in [0.717, 1.165) is 45.1 Å². The molecule has 1 aliphatic carbocycles. The van der Waals surface area contributed by atoms with E-state index in [9.17, 15) is 4.79 Å². The van der Waals surface area contributed by atoms with E-state index in [2.05, 4.69) is 22.0 Å². The highest BCUT2D eigenvalue weighted by atomic mass is 16.5. The number of carbonyl (C=O) groups excluding carboxylic acids is 1. The Kier molecular flexibility index (Phi) is 6.78. The highest BCUT2D eigenvalue weighted by Crippen LogP contribution is 2.29. The molecule has 5 nitrogen and oxygen atoms in total. The largest absolute Gasteiger partial charge is 0.381 e. The molecule has 0 bridgehead atoms. The summed E-state index contributed by atoms with van der Waals surface area (Å²) in [5, 5.41) is 3.15. The van der Waals surface area contributed by atoms with Crippen molar-refractivity contribution < 1.29 is 9.53 Å². The number of unbranched alkanes of at least 4 members (excludes halogenated alkanes) is 1. The third-order valence-electron chi connectivity index (χ3n) is 5.78. The molecule has 0 aromatic rings. The van der Waals surface area contributed by atoms with Gasteiger partial charge >= 0.3 is 6.03 Å². The monoisotopic (exact) mass is 337 g/mol. The van der Waals surface area contributed by atoms with E-state index < -0.39 is 0 Å². The summed E-state index contributed by atoms with van der Waals surface area (Å²) >= 11 is 0. The Balaban J connectivity index is 1.28. The van der Waals surface area contributed by atoms with Gasteiger partial charge in [-0.2, -0.15) is 0 Å². The fraction of sp³-hybridized carbons (Fsp3) is 0.947. The van der Waals surface area contributed by atoms with Gasteiger partial charge in [-0.25, -0.2) is 4.79 Å². The van der Waals surface area contributed by atoms with Crippen LogP contribution in [-0.4, -0.2) is 67.8 Å². The zero-order valence-corrected chi connectivity index (χ0v) is 15.3. The van der Waals surface area contributed by atoms with E-state index >= 15 is 0 Å². The van der Waals surface area contributed by atoms with Crippen LogP contribution in [0.15, 0.2) is 0 Å². The number of nitrogens with one attached hydrogen (secondary N) is 1. The van der Waals surface area contributed by atoms with Gasteiger partial charge in [0.25, 0.3) is 0 Å². The number of likely N-dealkylation sites (tertiary alicyclic amines) is 1. The van der Waals surface area contributed by atoms with E-state index in [1.165, 1.54) is 51.7 Å². The van der Waals surface area contributed by atoms with Crippen molar-refractivity contribution in [2.75, 3.05) is 45.9 Å². The molecule has 3 rings (SSSR count). The summed E-state index contributed by atoms with van der Waals surface area (Å²) in [4.78, 5) is 17.1. The van der Waals surface area contributed by atoms with Crippen LogP contribution in [0, 0.1) is 11.8 Å². The number of piperidine rings is 1. The van der Waals surface area contributed by atoms with Crippen LogP contribution in [0.5, 0.6) is 0 Å². The van der Waals surface area contributed by atoms with Crippen molar-refractivity contribution in [2.45, 2.75) is 57.9 Å². The summed E-state index contributed by atoms with van der Waals surface area (Å²) < 4.78 is 5.45. The minimum absolute atomic E-state index is 0.149. The van der Waals surface area contributed by atoms with Gasteiger partial charge in [-0.1, -0.05) is 6.92 Å². The van der Waals surface area contributed by atoms with E-state index in [4.69, 9.17) is 4.74 Å². The van der Waals surface area contributed by atoms with Crippen molar-refractivity contribution in [3.63, 3.8) is 0 Å². The molecule has 0 aromatic heterocycles. The lowest BCUT2D eigenvalue weighted by Crippen LogP contribution is -2.44. The molecule has 3 fully saturated rings. The molecule has 1 atom stereocenters. The van der Waals surface area contributed by atoms with Crippen molar-refractivity contribution in [3.8, 4) is 0 Å². The minimum Gasteiger partial charge on any atom is -0.381 e. The predicted octanol–water partition coefficient (Wildman–Crippen LogP) is 2.71. The van der Waals surface area contributed by atoms with Gasteiger partial charge in [0.05, 0.1) is 6.61 Å². The third-order valence-corrected chi connectivity index (χ3v) is 5.78. The average Bonchev–Trinajstić information content (AvgIpc) is 3.29. The first-order valence-corrected chi connectivity index (χ1v) is 10.1. The predicted molar refractivity (Wildman–Crippen MR) is 96.1 cm³/mol. The Bertz CT molecular complexity index is 386. The Hall–Kier alpha value is -0.810. The van der Waals surface area contributed by atoms with E-state index in [1.807, 2.05) is 0 Å². The number of nitrogens with zero attached hydrogens (tertiary/aromatic N) is 2. The second-order valence-electron chi connectivity index (χ2n) is 8.08. The van der Waals surface area contributed by atoms with Crippen molar-refractivity contribution in [1.29, 1.82) is 0 Å². The van der Waals surface area contributed by atoms with Gasteiger partial charge in [-0.3, -0.25) is 0 Å². The summed E-state index contributed by atoms with van der Waals surface area (Å²) in [5.41, 5.74) is 0. The Morgan fingerprint density at radius 3 is 2.62 bits per heavy atom. The molecule has 2 aliphatic heterocycles. The van der Waals surface area contributed by atoms with Crippen LogP contribution in [0.25, 0.3) is 0 Å². The maximum Gasteiger partial charge on any atom is 0.317 e. The fourth-order valence-electron chi connectivity index (χ4n) is 3.83. The first kappa shape index (κ1) is 18.0. The second-order valence-corrected chi connectivity index (χ2v) is 8.08. The van der Waals surface area contributed by atoms with Gasteiger partial charge in [0, 0.05) is 31.7 Å². The number of amides is 2. The van der Waals surface area contributed by atoms with Gasteiger partial charge in [0.2, 0.25) is 0 Å². The van der Waals surface area contributed by atoms with Crippen LogP contribution in [0.4, 0.5) is 4.79 Å². The smallest absolute Gasteiger partial charge is 0.317 e. The van der Waals surface area contributed by atoms with Crippen LogP contribution in [0.3, 0.4) is 0 Å². The van der Waals surface area contributed by atoms with Crippen LogP contribution in [-0.2, 0) is 4.74 Å². The number of ether oxygens (including phenoxy) is 1. The average molecular weight is 338 g/mol. The quantitative estimate of drug-likeness (QED) is 0.693.